The number of carbonyl (C=O) groups is 3. The Morgan fingerprint density at radius 2 is 2.16 bits per heavy atom. The number of thioether (sulfide) groups is 1. The Hall–Kier alpha value is -2.33. The van der Waals surface area contributed by atoms with Crippen LogP contribution >= 0.6 is 23.4 Å². The number of carbonyl (C=O) groups excluding carboxylic acids is 2. The maximum absolute atomic E-state index is 13.0. The Morgan fingerprint density at radius 3 is 2.80 bits per heavy atom. The first-order valence-corrected chi connectivity index (χ1v) is 8.34. The van der Waals surface area contributed by atoms with Gasteiger partial charge in [0, 0.05) is 12.1 Å². The van der Waals surface area contributed by atoms with Gasteiger partial charge in [0.25, 0.3) is 5.91 Å². The molecule has 0 bridgehead atoms. The minimum absolute atomic E-state index is 0.0175. The summed E-state index contributed by atoms with van der Waals surface area (Å²) in [5, 5.41) is 18.4. The largest absolute Gasteiger partial charge is 0.481 e. The minimum atomic E-state index is -1.04. The first-order valence-electron chi connectivity index (χ1n) is 6.98. The van der Waals surface area contributed by atoms with Gasteiger partial charge in [0.15, 0.2) is 6.04 Å². The number of rotatable bonds is 6. The maximum Gasteiger partial charge on any atom is 0.303 e. The number of amides is 2. The van der Waals surface area contributed by atoms with Gasteiger partial charge in [0.2, 0.25) is 11.1 Å². The second-order valence-corrected chi connectivity index (χ2v) is 6.21. The second kappa shape index (κ2) is 8.67. The van der Waals surface area contributed by atoms with Crippen molar-refractivity contribution < 1.29 is 23.9 Å². The van der Waals surface area contributed by atoms with Crippen LogP contribution in [0.15, 0.2) is 33.4 Å². The van der Waals surface area contributed by atoms with Gasteiger partial charge >= 0.3 is 5.97 Å². The standard InChI is InChI=1S/C14H12ClFN4O4S/c15-8-5-7(1-2-9(8)16)17-11(21)6-25-14-18-13(24)10(19-20-14)3-4-12(22)23/h1-2,5,10H,3-4,6H2,(H,17,21)(H,22,23). The van der Waals surface area contributed by atoms with Crippen molar-refractivity contribution in [1.82, 2.24) is 0 Å². The third kappa shape index (κ3) is 5.91. The zero-order chi connectivity index (χ0) is 18.4. The highest BCUT2D eigenvalue weighted by Crippen LogP contribution is 2.20. The van der Waals surface area contributed by atoms with E-state index in [1.165, 1.54) is 12.1 Å². The summed E-state index contributed by atoms with van der Waals surface area (Å²) in [4.78, 5) is 37.7. The number of hydrogen-bond donors (Lipinski definition) is 2. The molecule has 0 aliphatic carbocycles. The van der Waals surface area contributed by atoms with Crippen molar-refractivity contribution in [3.8, 4) is 0 Å². The van der Waals surface area contributed by atoms with E-state index in [1.807, 2.05) is 0 Å². The lowest BCUT2D eigenvalue weighted by molar-refractivity contribution is -0.137. The molecule has 0 radical (unpaired) electrons. The number of nitrogens with zero attached hydrogens (tertiary/aromatic N) is 3. The van der Waals surface area contributed by atoms with E-state index in [0.717, 1.165) is 17.8 Å². The van der Waals surface area contributed by atoms with Crippen molar-refractivity contribution in [2.75, 3.05) is 11.1 Å². The molecule has 11 heteroatoms. The average molecular weight is 387 g/mol. The van der Waals surface area contributed by atoms with Crippen molar-refractivity contribution >= 4 is 52.0 Å². The van der Waals surface area contributed by atoms with Gasteiger partial charge in [-0.15, -0.1) is 5.11 Å². The number of nitrogens with one attached hydrogen (secondary N) is 1. The quantitative estimate of drug-likeness (QED) is 0.778. The van der Waals surface area contributed by atoms with Gasteiger partial charge in [-0.05, 0) is 24.6 Å². The van der Waals surface area contributed by atoms with Crippen molar-refractivity contribution in [3.63, 3.8) is 0 Å². The Morgan fingerprint density at radius 1 is 1.40 bits per heavy atom. The van der Waals surface area contributed by atoms with Crippen LogP contribution in [-0.2, 0) is 14.4 Å². The fourth-order valence-electron chi connectivity index (χ4n) is 1.76. The fraction of sp³-hybridized carbons (Fsp3) is 0.286. The highest BCUT2D eigenvalue weighted by molar-refractivity contribution is 8.14. The number of anilines is 1. The Labute approximate surface area is 150 Å². The zero-order valence-corrected chi connectivity index (χ0v) is 14.2. The molecular weight excluding hydrogens is 375 g/mol. The molecule has 1 aliphatic heterocycles. The van der Waals surface area contributed by atoms with E-state index in [0.29, 0.717) is 5.69 Å². The first kappa shape index (κ1) is 19.0. The first-order chi connectivity index (χ1) is 11.8. The summed E-state index contributed by atoms with van der Waals surface area (Å²) >= 11 is 6.51. The number of aliphatic imine (C=N–C) groups is 1. The normalized spacial score (nSPS) is 16.5. The Balaban J connectivity index is 1.83. The van der Waals surface area contributed by atoms with Crippen molar-refractivity contribution in [2.24, 2.45) is 15.2 Å². The molecular formula is C14H12ClFN4O4S. The van der Waals surface area contributed by atoms with E-state index in [1.54, 1.807) is 0 Å². The van der Waals surface area contributed by atoms with Gasteiger partial charge in [-0.3, -0.25) is 14.4 Å². The van der Waals surface area contributed by atoms with Crippen LogP contribution in [-0.4, -0.2) is 39.9 Å². The van der Waals surface area contributed by atoms with Crippen LogP contribution in [0.4, 0.5) is 10.1 Å². The fourth-order valence-corrected chi connectivity index (χ4v) is 2.54. The summed E-state index contributed by atoms with van der Waals surface area (Å²) in [6, 6.07) is 2.85. The van der Waals surface area contributed by atoms with Crippen LogP contribution in [0.5, 0.6) is 0 Å². The molecule has 0 saturated heterocycles. The van der Waals surface area contributed by atoms with Crippen LogP contribution in [0, 0.1) is 5.82 Å². The van der Waals surface area contributed by atoms with Gasteiger partial charge in [-0.2, -0.15) is 10.1 Å². The zero-order valence-electron chi connectivity index (χ0n) is 12.6. The van der Waals surface area contributed by atoms with E-state index in [4.69, 9.17) is 16.7 Å². The summed E-state index contributed by atoms with van der Waals surface area (Å²) in [5.41, 5.74) is 0.328. The third-order valence-corrected chi connectivity index (χ3v) is 4.07. The molecule has 0 aromatic heterocycles. The number of hydrogen-bond acceptors (Lipinski definition) is 6. The van der Waals surface area contributed by atoms with Gasteiger partial charge in [-0.1, -0.05) is 23.4 Å². The third-order valence-electron chi connectivity index (χ3n) is 2.94. The lowest BCUT2D eigenvalue weighted by atomic mass is 10.1. The average Bonchev–Trinajstić information content (AvgIpc) is 2.55. The summed E-state index contributed by atoms with van der Waals surface area (Å²) in [6.07, 6.45) is -0.193. The number of carboxylic acids is 1. The van der Waals surface area contributed by atoms with Crippen LogP contribution in [0.1, 0.15) is 12.8 Å². The van der Waals surface area contributed by atoms with Crippen LogP contribution < -0.4 is 5.32 Å². The Bertz CT molecular complexity index is 771. The summed E-state index contributed by atoms with van der Waals surface area (Å²) in [6.45, 7) is 0. The highest BCUT2D eigenvalue weighted by atomic mass is 35.5. The SMILES string of the molecule is O=C(O)CCC1N=NC(SCC(=O)Nc2ccc(F)c(Cl)c2)=NC1=O. The Kier molecular flexibility index (Phi) is 6.59. The number of amidine groups is 1. The van der Waals surface area contributed by atoms with Crippen LogP contribution in [0.3, 0.4) is 0 Å². The smallest absolute Gasteiger partial charge is 0.303 e. The van der Waals surface area contributed by atoms with E-state index in [-0.39, 0.29) is 28.8 Å². The molecule has 2 amide bonds. The lowest BCUT2D eigenvalue weighted by Crippen LogP contribution is -2.22. The summed E-state index contributed by atoms with van der Waals surface area (Å²) < 4.78 is 13.0. The van der Waals surface area contributed by atoms with Gasteiger partial charge < -0.3 is 10.4 Å². The lowest BCUT2D eigenvalue weighted by Gasteiger charge is -2.11. The predicted octanol–water partition coefficient (Wildman–Crippen LogP) is 2.73. The molecule has 1 heterocycles. The monoisotopic (exact) mass is 386 g/mol. The van der Waals surface area contributed by atoms with Crippen LogP contribution in [0.2, 0.25) is 5.02 Å². The molecule has 1 aliphatic rings. The molecule has 1 aromatic carbocycles. The van der Waals surface area contributed by atoms with Crippen molar-refractivity contribution in [1.29, 1.82) is 0 Å². The summed E-state index contributed by atoms with van der Waals surface area (Å²) in [5.74, 6) is -2.75. The number of azo groups is 1. The van der Waals surface area contributed by atoms with Crippen molar-refractivity contribution in [3.05, 3.63) is 29.0 Å². The number of aliphatic carboxylic acids is 1. The topological polar surface area (TPSA) is 121 Å². The number of halogens is 2. The molecule has 0 spiro atoms. The molecule has 1 atom stereocenters. The second-order valence-electron chi connectivity index (χ2n) is 4.86. The van der Waals surface area contributed by atoms with E-state index < -0.39 is 29.6 Å². The van der Waals surface area contributed by atoms with Gasteiger partial charge in [-0.25, -0.2) is 4.39 Å². The molecule has 132 valence electrons. The predicted molar refractivity (Wildman–Crippen MR) is 90.5 cm³/mol. The number of carboxylic acid groups (broad SMARTS) is 1. The van der Waals surface area contributed by atoms with Gasteiger partial charge in [0.05, 0.1) is 10.8 Å². The maximum atomic E-state index is 13.0. The minimum Gasteiger partial charge on any atom is -0.481 e. The molecule has 0 saturated carbocycles. The molecule has 2 rings (SSSR count). The van der Waals surface area contributed by atoms with E-state index >= 15 is 0 Å². The molecule has 1 aromatic rings. The molecule has 2 N–H and O–H groups in total. The molecule has 25 heavy (non-hydrogen) atoms. The van der Waals surface area contributed by atoms with E-state index in [2.05, 4.69) is 20.5 Å². The molecule has 0 fully saturated rings. The summed E-state index contributed by atoms with van der Waals surface area (Å²) in [7, 11) is 0. The van der Waals surface area contributed by atoms with E-state index in [9.17, 15) is 18.8 Å². The van der Waals surface area contributed by atoms with Gasteiger partial charge in [0.1, 0.15) is 5.82 Å². The molecule has 8 nitrogen and oxygen atoms in total. The highest BCUT2D eigenvalue weighted by Gasteiger charge is 2.23. The number of benzene rings is 1. The molecule has 1 unspecified atom stereocenters. The van der Waals surface area contributed by atoms with Crippen LogP contribution in [0.25, 0.3) is 0 Å². The van der Waals surface area contributed by atoms with Crippen molar-refractivity contribution in [2.45, 2.75) is 18.9 Å².